The van der Waals surface area contributed by atoms with E-state index >= 15 is 0 Å². The molecule has 2 unspecified atom stereocenters. The van der Waals surface area contributed by atoms with Crippen LogP contribution in [-0.2, 0) is 27.9 Å². The Hall–Kier alpha value is -0.970. The first-order valence-corrected chi connectivity index (χ1v) is 10.4. The molecule has 1 heterocycles. The lowest BCUT2D eigenvalue weighted by atomic mass is 10.0. The molecule has 2 atom stereocenters. The van der Waals surface area contributed by atoms with Crippen LogP contribution in [0.1, 0.15) is 27.2 Å². The molecule has 1 aliphatic rings. The average molecular weight is 376 g/mol. The molecule has 1 saturated heterocycles. The number of morpholine rings is 1. The number of carbonyl (C=O) groups is 1. The highest BCUT2D eigenvalue weighted by Gasteiger charge is 2.43. The maximum Gasteiger partial charge on any atom is 0.344 e. The molecule has 9 heteroatoms. The third kappa shape index (κ3) is 7.04. The summed E-state index contributed by atoms with van der Waals surface area (Å²) in [6.45, 7) is 8.69. The average Bonchev–Trinajstić information content (AvgIpc) is 2.59. The van der Waals surface area contributed by atoms with Crippen LogP contribution in [0.25, 0.3) is 0 Å². The Morgan fingerprint density at radius 2 is 1.80 bits per heavy atom. The topological polar surface area (TPSA) is 98.1 Å². The molecular formula is C16H29N2O6P. The molecule has 0 amide bonds. The Morgan fingerprint density at radius 1 is 1.20 bits per heavy atom. The molecule has 0 bridgehead atoms. The first kappa shape index (κ1) is 22.1. The third-order valence-corrected chi connectivity index (χ3v) is 6.25. The number of esters is 1. The van der Waals surface area contributed by atoms with Crippen molar-refractivity contribution in [3.8, 4) is 6.07 Å². The fourth-order valence-electron chi connectivity index (χ4n) is 2.70. The zero-order valence-electron chi connectivity index (χ0n) is 15.3. The van der Waals surface area contributed by atoms with Crippen LogP contribution in [0.4, 0.5) is 0 Å². The normalized spacial score (nSPS) is 18.3. The maximum atomic E-state index is 13.1. The lowest BCUT2D eigenvalue weighted by Gasteiger charge is -2.30. The Balaban J connectivity index is 2.91. The number of nitriles is 1. The van der Waals surface area contributed by atoms with Gasteiger partial charge < -0.3 is 18.5 Å². The van der Waals surface area contributed by atoms with E-state index in [0.717, 1.165) is 13.1 Å². The quantitative estimate of drug-likeness (QED) is 0.399. The van der Waals surface area contributed by atoms with Crippen molar-refractivity contribution in [3.63, 3.8) is 0 Å². The Labute approximate surface area is 149 Å². The van der Waals surface area contributed by atoms with Gasteiger partial charge in [-0.1, -0.05) is 0 Å². The van der Waals surface area contributed by atoms with Crippen LogP contribution in [0.2, 0.25) is 0 Å². The summed E-state index contributed by atoms with van der Waals surface area (Å²) in [5, 5.41) is 9.51. The van der Waals surface area contributed by atoms with Crippen molar-refractivity contribution in [1.82, 2.24) is 4.90 Å². The Kier molecular flexibility index (Phi) is 10.2. The first-order chi connectivity index (χ1) is 12.0. The molecule has 1 fully saturated rings. The van der Waals surface area contributed by atoms with Gasteiger partial charge in [0.25, 0.3) is 0 Å². The molecule has 0 aromatic carbocycles. The maximum absolute atomic E-state index is 13.1. The van der Waals surface area contributed by atoms with Gasteiger partial charge in [0.2, 0.25) is 0 Å². The molecule has 0 N–H and O–H groups in total. The molecule has 0 saturated carbocycles. The summed E-state index contributed by atoms with van der Waals surface area (Å²) in [7, 11) is -3.70. The largest absolute Gasteiger partial charge is 0.465 e. The highest BCUT2D eigenvalue weighted by Crippen LogP contribution is 2.55. The van der Waals surface area contributed by atoms with Crippen LogP contribution in [0.5, 0.6) is 0 Å². The van der Waals surface area contributed by atoms with Crippen molar-refractivity contribution in [1.29, 1.82) is 5.26 Å². The van der Waals surface area contributed by atoms with E-state index in [2.05, 4.69) is 11.0 Å². The second-order valence-electron chi connectivity index (χ2n) is 5.62. The van der Waals surface area contributed by atoms with Crippen LogP contribution in [-0.4, -0.2) is 69.2 Å². The van der Waals surface area contributed by atoms with Crippen molar-refractivity contribution in [2.45, 2.75) is 32.9 Å². The van der Waals surface area contributed by atoms with Gasteiger partial charge in [-0.25, -0.2) is 0 Å². The molecule has 0 radical (unpaired) electrons. The first-order valence-electron chi connectivity index (χ1n) is 8.75. The summed E-state index contributed by atoms with van der Waals surface area (Å²) in [6.07, 6.45) is 0.0734. The van der Waals surface area contributed by atoms with Crippen molar-refractivity contribution in [3.05, 3.63) is 0 Å². The monoisotopic (exact) mass is 376 g/mol. The third-order valence-electron chi connectivity index (χ3n) is 3.83. The smallest absolute Gasteiger partial charge is 0.344 e. The summed E-state index contributed by atoms with van der Waals surface area (Å²) >= 11 is 0. The number of carbonyl (C=O) groups excluding carboxylic acids is 1. The van der Waals surface area contributed by atoms with E-state index in [0.29, 0.717) is 19.8 Å². The summed E-state index contributed by atoms with van der Waals surface area (Å²) in [5.74, 6) is -1.13. The van der Waals surface area contributed by atoms with E-state index in [-0.39, 0.29) is 26.2 Å². The Morgan fingerprint density at radius 3 is 2.28 bits per heavy atom. The zero-order chi connectivity index (χ0) is 18.7. The van der Waals surface area contributed by atoms with E-state index in [9.17, 15) is 14.6 Å². The molecule has 8 nitrogen and oxygen atoms in total. The molecule has 0 aromatic rings. The van der Waals surface area contributed by atoms with Crippen LogP contribution in [0, 0.1) is 17.2 Å². The van der Waals surface area contributed by atoms with Crippen molar-refractivity contribution in [2.24, 2.45) is 5.92 Å². The predicted octanol–water partition coefficient (Wildman–Crippen LogP) is 2.05. The minimum atomic E-state index is -3.70. The minimum absolute atomic E-state index is 0.0734. The molecule has 0 aliphatic carbocycles. The van der Waals surface area contributed by atoms with Gasteiger partial charge in [0.05, 0.1) is 45.0 Å². The molecule has 25 heavy (non-hydrogen) atoms. The fourth-order valence-corrected chi connectivity index (χ4v) is 4.70. The van der Waals surface area contributed by atoms with Gasteiger partial charge in [-0.05, 0) is 27.2 Å². The number of hydrogen-bond donors (Lipinski definition) is 0. The lowest BCUT2D eigenvalue weighted by Crippen LogP contribution is -2.40. The van der Waals surface area contributed by atoms with Gasteiger partial charge in [-0.2, -0.15) is 5.26 Å². The molecule has 0 aromatic heterocycles. The van der Waals surface area contributed by atoms with Crippen LogP contribution in [0.3, 0.4) is 0 Å². The lowest BCUT2D eigenvalue weighted by molar-refractivity contribution is -0.143. The summed E-state index contributed by atoms with van der Waals surface area (Å²) in [5.41, 5.74) is -1.10. The van der Waals surface area contributed by atoms with Gasteiger partial charge >= 0.3 is 13.6 Å². The van der Waals surface area contributed by atoms with Crippen molar-refractivity contribution >= 4 is 13.6 Å². The molecular weight excluding hydrogens is 347 g/mol. The van der Waals surface area contributed by atoms with E-state index in [1.54, 1.807) is 20.8 Å². The van der Waals surface area contributed by atoms with Crippen LogP contribution in [0.15, 0.2) is 0 Å². The van der Waals surface area contributed by atoms with Crippen LogP contribution < -0.4 is 0 Å². The van der Waals surface area contributed by atoms with Gasteiger partial charge in [-0.15, -0.1) is 0 Å². The van der Waals surface area contributed by atoms with E-state index in [4.69, 9.17) is 18.5 Å². The van der Waals surface area contributed by atoms with Gasteiger partial charge in [0, 0.05) is 19.6 Å². The molecule has 1 aliphatic heterocycles. The molecule has 144 valence electrons. The van der Waals surface area contributed by atoms with Gasteiger partial charge in [0.1, 0.15) is 0 Å². The minimum Gasteiger partial charge on any atom is -0.465 e. The van der Waals surface area contributed by atoms with Crippen LogP contribution >= 0.6 is 7.60 Å². The predicted molar refractivity (Wildman–Crippen MR) is 92.3 cm³/mol. The van der Waals surface area contributed by atoms with Crippen molar-refractivity contribution in [2.75, 3.05) is 52.7 Å². The summed E-state index contributed by atoms with van der Waals surface area (Å²) < 4.78 is 34.1. The Bertz CT molecular complexity index is 480. The fraction of sp³-hybridized carbons (Fsp3) is 0.875. The SMILES string of the molecule is CCOC(=O)C(CC(C#N)CN1CCOCC1)P(=O)(OCC)OCC. The number of rotatable bonds is 11. The highest BCUT2D eigenvalue weighted by molar-refractivity contribution is 7.55. The number of hydrogen-bond acceptors (Lipinski definition) is 8. The molecule has 0 spiro atoms. The van der Waals surface area contributed by atoms with E-state index in [1.807, 2.05) is 0 Å². The zero-order valence-corrected chi connectivity index (χ0v) is 16.2. The van der Waals surface area contributed by atoms with Crippen molar-refractivity contribution < 1.29 is 27.9 Å². The highest BCUT2D eigenvalue weighted by atomic mass is 31.2. The second-order valence-corrected chi connectivity index (χ2v) is 7.84. The number of ether oxygens (including phenoxy) is 2. The molecule has 1 rings (SSSR count). The summed E-state index contributed by atoms with van der Waals surface area (Å²) in [4.78, 5) is 14.5. The van der Waals surface area contributed by atoms with Gasteiger partial charge in [0.15, 0.2) is 5.66 Å². The van der Waals surface area contributed by atoms with Gasteiger partial charge in [-0.3, -0.25) is 14.3 Å². The second kappa shape index (κ2) is 11.6. The standard InChI is InChI=1S/C16H29N2O6P/c1-4-22-16(19)15(25(20,23-5-2)24-6-3)11-14(12-17)13-18-7-9-21-10-8-18/h14-15H,4-11,13H2,1-3H3. The van der Waals surface area contributed by atoms with E-state index < -0.39 is 25.1 Å². The summed E-state index contributed by atoms with van der Waals surface area (Å²) in [6, 6.07) is 2.21. The van der Waals surface area contributed by atoms with E-state index in [1.165, 1.54) is 0 Å². The number of nitrogens with zero attached hydrogens (tertiary/aromatic N) is 2.